The second kappa shape index (κ2) is 16.5. The predicted octanol–water partition coefficient (Wildman–Crippen LogP) is 1.47. The molecule has 15 nitrogen and oxygen atoms in total. The SMILES string of the molecule is CC(=O)OC[C@H]1O[C@@H](O[C@@H]2[C@@H](OC(C)=O)[C@H](Sc3ccccc3)OC[C@H]2OC(C)=O)[C@H](OC(C)=O)[C@@H](OC(C)=O)[C@H]1OC(C)=O. The van der Waals surface area contributed by atoms with Crippen molar-refractivity contribution in [1.82, 2.24) is 0 Å². The first kappa shape index (κ1) is 35.7. The van der Waals surface area contributed by atoms with E-state index in [1.54, 1.807) is 12.1 Å². The van der Waals surface area contributed by atoms with Crippen molar-refractivity contribution in [3.05, 3.63) is 30.3 Å². The molecule has 0 radical (unpaired) electrons. The third kappa shape index (κ3) is 10.7. The van der Waals surface area contributed by atoms with Gasteiger partial charge in [-0.15, -0.1) is 0 Å². The predicted molar refractivity (Wildman–Crippen MR) is 150 cm³/mol. The molecule has 1 aromatic carbocycles. The Hall–Kier alpha value is -3.73. The van der Waals surface area contributed by atoms with Gasteiger partial charge in [-0.05, 0) is 12.1 Å². The average molecular weight is 657 g/mol. The maximum Gasteiger partial charge on any atom is 0.303 e. The zero-order chi connectivity index (χ0) is 33.3. The van der Waals surface area contributed by atoms with Crippen molar-refractivity contribution in [3.63, 3.8) is 0 Å². The molecule has 16 heteroatoms. The highest BCUT2D eigenvalue weighted by Crippen LogP contribution is 2.37. The van der Waals surface area contributed by atoms with E-state index in [0.717, 1.165) is 39.5 Å². The minimum Gasteiger partial charge on any atom is -0.463 e. The number of carbonyl (C=O) groups is 6. The summed E-state index contributed by atoms with van der Waals surface area (Å²) in [5, 5.41) is 0. The maximum atomic E-state index is 12.3. The molecule has 0 saturated carbocycles. The van der Waals surface area contributed by atoms with Gasteiger partial charge in [-0.1, -0.05) is 30.0 Å². The molecule has 2 aliphatic heterocycles. The number of hydrogen-bond acceptors (Lipinski definition) is 16. The van der Waals surface area contributed by atoms with Crippen LogP contribution in [0.5, 0.6) is 0 Å². The Labute approximate surface area is 263 Å². The summed E-state index contributed by atoms with van der Waals surface area (Å²) in [6, 6.07) is 9.05. The van der Waals surface area contributed by atoms with Crippen molar-refractivity contribution in [2.75, 3.05) is 13.2 Å². The molecule has 1 aromatic rings. The van der Waals surface area contributed by atoms with Crippen molar-refractivity contribution >= 4 is 47.6 Å². The van der Waals surface area contributed by atoms with Crippen LogP contribution in [0.3, 0.4) is 0 Å². The zero-order valence-electron chi connectivity index (χ0n) is 25.5. The van der Waals surface area contributed by atoms with Gasteiger partial charge in [0.05, 0.1) is 6.61 Å². The molecular weight excluding hydrogens is 620 g/mol. The van der Waals surface area contributed by atoms with Gasteiger partial charge in [0.2, 0.25) is 0 Å². The fraction of sp³-hybridized carbons (Fsp3) is 0.586. The van der Waals surface area contributed by atoms with Crippen LogP contribution < -0.4 is 0 Å². The summed E-state index contributed by atoms with van der Waals surface area (Å²) in [6.07, 6.45) is -11.1. The minimum absolute atomic E-state index is 0.197. The topological polar surface area (TPSA) is 185 Å². The highest BCUT2D eigenvalue weighted by molar-refractivity contribution is 7.99. The molecule has 0 unspecified atom stereocenters. The van der Waals surface area contributed by atoms with E-state index in [1.807, 2.05) is 18.2 Å². The van der Waals surface area contributed by atoms with Crippen LogP contribution in [0.2, 0.25) is 0 Å². The summed E-state index contributed by atoms with van der Waals surface area (Å²) >= 11 is 1.21. The fourth-order valence-electron chi connectivity index (χ4n) is 4.73. The second-order valence-electron chi connectivity index (χ2n) is 10.0. The van der Waals surface area contributed by atoms with E-state index in [-0.39, 0.29) is 6.61 Å². The van der Waals surface area contributed by atoms with Gasteiger partial charge < -0.3 is 42.6 Å². The molecule has 2 heterocycles. The molecule has 45 heavy (non-hydrogen) atoms. The lowest BCUT2D eigenvalue weighted by Crippen LogP contribution is -2.65. The fourth-order valence-corrected chi connectivity index (χ4v) is 5.80. The van der Waals surface area contributed by atoms with E-state index in [9.17, 15) is 28.8 Å². The Morgan fingerprint density at radius 2 is 1.20 bits per heavy atom. The van der Waals surface area contributed by atoms with Crippen LogP contribution in [0.15, 0.2) is 35.2 Å². The number of rotatable bonds is 11. The highest BCUT2D eigenvalue weighted by Gasteiger charge is 2.56. The largest absolute Gasteiger partial charge is 0.463 e. The summed E-state index contributed by atoms with van der Waals surface area (Å²) in [6.45, 7) is 6.05. The average Bonchev–Trinajstić information content (AvgIpc) is 2.93. The van der Waals surface area contributed by atoms with E-state index in [2.05, 4.69) is 0 Å². The van der Waals surface area contributed by atoms with Crippen molar-refractivity contribution < 1.29 is 71.4 Å². The summed E-state index contributed by atoms with van der Waals surface area (Å²) < 4.78 is 50.9. The van der Waals surface area contributed by atoms with Crippen LogP contribution in [0.1, 0.15) is 41.5 Å². The summed E-state index contributed by atoms with van der Waals surface area (Å²) in [5.74, 6) is -4.58. The molecule has 2 aliphatic rings. The molecule has 0 amide bonds. The van der Waals surface area contributed by atoms with Crippen LogP contribution >= 0.6 is 11.8 Å². The first-order valence-electron chi connectivity index (χ1n) is 13.9. The third-order valence-corrected chi connectivity index (χ3v) is 7.42. The smallest absolute Gasteiger partial charge is 0.303 e. The molecule has 0 aliphatic carbocycles. The molecule has 0 aromatic heterocycles. The Morgan fingerprint density at radius 1 is 0.667 bits per heavy atom. The third-order valence-electron chi connectivity index (χ3n) is 6.24. The number of thioether (sulfide) groups is 1. The van der Waals surface area contributed by atoms with Gasteiger partial charge in [0, 0.05) is 46.4 Å². The molecular formula is C29H36O15S. The second-order valence-corrected chi connectivity index (χ2v) is 11.2. The van der Waals surface area contributed by atoms with E-state index in [0.29, 0.717) is 0 Å². The van der Waals surface area contributed by atoms with E-state index in [4.69, 9.17) is 42.6 Å². The van der Waals surface area contributed by atoms with Gasteiger partial charge in [0.15, 0.2) is 36.8 Å². The molecule has 0 N–H and O–H groups in total. The van der Waals surface area contributed by atoms with E-state index in [1.165, 1.54) is 18.7 Å². The molecule has 0 bridgehead atoms. The van der Waals surface area contributed by atoms with Crippen LogP contribution in [0, 0.1) is 0 Å². The number of hydrogen-bond donors (Lipinski definition) is 0. The van der Waals surface area contributed by atoms with Crippen molar-refractivity contribution in [3.8, 4) is 0 Å². The van der Waals surface area contributed by atoms with Gasteiger partial charge in [-0.25, -0.2) is 0 Å². The van der Waals surface area contributed by atoms with Gasteiger partial charge in [0.25, 0.3) is 0 Å². The van der Waals surface area contributed by atoms with Crippen molar-refractivity contribution in [2.45, 2.75) is 101 Å². The molecule has 2 fully saturated rings. The van der Waals surface area contributed by atoms with E-state index < -0.39 is 96.9 Å². The lowest BCUT2D eigenvalue weighted by Gasteiger charge is -2.47. The van der Waals surface area contributed by atoms with Gasteiger partial charge in [0.1, 0.15) is 24.3 Å². The van der Waals surface area contributed by atoms with Crippen LogP contribution in [-0.4, -0.2) is 103 Å². The zero-order valence-corrected chi connectivity index (χ0v) is 26.3. The number of esters is 6. The first-order chi connectivity index (χ1) is 21.2. The van der Waals surface area contributed by atoms with Crippen LogP contribution in [0.25, 0.3) is 0 Å². The molecule has 0 spiro atoms. The number of carbonyl (C=O) groups excluding carboxylic acids is 6. The first-order valence-corrected chi connectivity index (χ1v) is 14.8. The van der Waals surface area contributed by atoms with Crippen molar-refractivity contribution in [2.24, 2.45) is 0 Å². The molecule has 2 saturated heterocycles. The van der Waals surface area contributed by atoms with Crippen molar-refractivity contribution in [1.29, 1.82) is 0 Å². The Bertz CT molecular complexity index is 1220. The van der Waals surface area contributed by atoms with Gasteiger partial charge in [-0.2, -0.15) is 0 Å². The lowest BCUT2D eigenvalue weighted by molar-refractivity contribution is -0.335. The maximum absolute atomic E-state index is 12.3. The summed E-state index contributed by atoms with van der Waals surface area (Å²) in [4.78, 5) is 73.3. The molecule has 3 rings (SSSR count). The normalized spacial score (nSPS) is 29.4. The Kier molecular flexibility index (Phi) is 13.1. The standard InChI is InChI=1S/C29H36O15S/c1-14(30)36-12-22-23(39-16(3)32)25(40-17(4)33)26(41-18(5)34)28(43-22)44-24-21(38-15(2)31)13-37-29(27(24)42-19(6)35)45-20-10-8-7-9-11-20/h7-11,21-29H,12-13H2,1-6H3/t21-,22-,23+,24+,25+,26-,27-,28+,29+/m1/s1. The Balaban J connectivity index is 2.08. The molecule has 9 atom stereocenters. The van der Waals surface area contributed by atoms with Crippen LogP contribution in [-0.2, 0) is 71.4 Å². The lowest BCUT2D eigenvalue weighted by atomic mass is 9.97. The monoisotopic (exact) mass is 656 g/mol. The minimum atomic E-state index is -1.63. The number of ether oxygens (including phenoxy) is 9. The van der Waals surface area contributed by atoms with Gasteiger partial charge >= 0.3 is 35.8 Å². The summed E-state index contributed by atoms with van der Waals surface area (Å²) in [7, 11) is 0. The molecule has 248 valence electrons. The Morgan fingerprint density at radius 3 is 1.76 bits per heavy atom. The van der Waals surface area contributed by atoms with Gasteiger partial charge in [-0.3, -0.25) is 28.8 Å². The van der Waals surface area contributed by atoms with Crippen LogP contribution in [0.4, 0.5) is 0 Å². The van der Waals surface area contributed by atoms with E-state index >= 15 is 0 Å². The number of benzene rings is 1. The summed E-state index contributed by atoms with van der Waals surface area (Å²) in [5.41, 5.74) is -0.876. The quantitative estimate of drug-likeness (QED) is 0.246. The highest BCUT2D eigenvalue weighted by atomic mass is 32.2.